The van der Waals surface area contributed by atoms with Gasteiger partial charge in [0.2, 0.25) is 0 Å². The predicted octanol–water partition coefficient (Wildman–Crippen LogP) is 4.12. The largest absolute Gasteiger partial charge is 0.383 e. The van der Waals surface area contributed by atoms with E-state index in [1.165, 1.54) is 35.9 Å². The molecule has 0 amide bonds. The second-order valence-corrected chi connectivity index (χ2v) is 5.93. The van der Waals surface area contributed by atoms with Gasteiger partial charge >= 0.3 is 0 Å². The zero-order chi connectivity index (χ0) is 15.1. The van der Waals surface area contributed by atoms with Crippen molar-refractivity contribution in [3.63, 3.8) is 0 Å². The third kappa shape index (κ3) is 4.71. The van der Waals surface area contributed by atoms with Crippen LogP contribution < -0.4 is 10.6 Å². The number of hydrogen-bond acceptors (Lipinski definition) is 3. The molecule has 3 heteroatoms. The smallest absolute Gasteiger partial charge is 0.0935 e. The van der Waals surface area contributed by atoms with Crippen molar-refractivity contribution in [2.24, 2.45) is 0 Å². The number of hydrogen-bond donors (Lipinski definition) is 2. The van der Waals surface area contributed by atoms with Crippen molar-refractivity contribution in [3.8, 4) is 0 Å². The topological polar surface area (TPSA) is 37.0 Å². The second-order valence-electron chi connectivity index (χ2n) is 5.93. The third-order valence-corrected chi connectivity index (χ3v) is 3.69. The zero-order valence-corrected chi connectivity index (χ0v) is 13.4. The van der Waals surface area contributed by atoms with Crippen LogP contribution in [0.5, 0.6) is 0 Å². The molecule has 1 aromatic heterocycles. The van der Waals surface area contributed by atoms with Crippen molar-refractivity contribution in [1.82, 2.24) is 10.3 Å². The number of anilines is 1. The Hall–Kier alpha value is -1.61. The van der Waals surface area contributed by atoms with E-state index in [4.69, 9.17) is 0 Å². The molecular formula is C18H27N3. The molecule has 2 N–H and O–H groups in total. The number of fused-ring (bicyclic) bond motifs is 1. The Balaban J connectivity index is 1.82. The molecule has 0 spiro atoms. The Morgan fingerprint density at radius 3 is 2.67 bits per heavy atom. The molecule has 114 valence electrons. The lowest BCUT2D eigenvalue weighted by molar-refractivity contribution is 0.552. The maximum Gasteiger partial charge on any atom is 0.0935 e. The number of nitrogens with one attached hydrogen (secondary N) is 2. The van der Waals surface area contributed by atoms with Gasteiger partial charge in [-0.2, -0.15) is 0 Å². The van der Waals surface area contributed by atoms with Gasteiger partial charge in [-0.15, -0.1) is 0 Å². The molecule has 0 fully saturated rings. The van der Waals surface area contributed by atoms with Gasteiger partial charge in [0.15, 0.2) is 0 Å². The summed E-state index contributed by atoms with van der Waals surface area (Å²) in [5, 5.41) is 8.23. The monoisotopic (exact) mass is 285 g/mol. The summed E-state index contributed by atoms with van der Waals surface area (Å²) in [5.41, 5.74) is 3.54. The van der Waals surface area contributed by atoms with Crippen molar-refractivity contribution in [2.45, 2.75) is 46.1 Å². The summed E-state index contributed by atoms with van der Waals surface area (Å²) in [6.45, 7) is 8.66. The highest BCUT2D eigenvalue weighted by Crippen LogP contribution is 2.25. The first kappa shape index (κ1) is 15.8. The Bertz CT molecular complexity index is 563. The minimum Gasteiger partial charge on any atom is -0.383 e. The number of benzene rings is 1. The molecule has 0 radical (unpaired) electrons. The van der Waals surface area contributed by atoms with E-state index >= 15 is 0 Å². The van der Waals surface area contributed by atoms with Gasteiger partial charge in [-0.05, 0) is 37.9 Å². The Kier molecular flexibility index (Phi) is 6.00. The first-order valence-electron chi connectivity index (χ1n) is 8.00. The lowest BCUT2D eigenvalue weighted by atomic mass is 10.1. The van der Waals surface area contributed by atoms with Crippen LogP contribution >= 0.6 is 0 Å². The van der Waals surface area contributed by atoms with Gasteiger partial charge in [0.25, 0.3) is 0 Å². The van der Waals surface area contributed by atoms with Crippen molar-refractivity contribution >= 4 is 16.6 Å². The lowest BCUT2D eigenvalue weighted by Gasteiger charge is -2.12. The average Bonchev–Trinajstić information content (AvgIpc) is 2.48. The van der Waals surface area contributed by atoms with Gasteiger partial charge in [-0.25, -0.2) is 0 Å². The highest BCUT2D eigenvalue weighted by molar-refractivity contribution is 5.91. The number of rotatable bonds is 8. The van der Waals surface area contributed by atoms with Crippen molar-refractivity contribution in [2.75, 3.05) is 18.4 Å². The SMILES string of the molecule is Cc1ccc2cccnc2c1NCCCCCNC(C)C. The van der Waals surface area contributed by atoms with E-state index in [2.05, 4.69) is 54.6 Å². The van der Waals surface area contributed by atoms with Gasteiger partial charge < -0.3 is 10.6 Å². The summed E-state index contributed by atoms with van der Waals surface area (Å²) < 4.78 is 0. The Labute approximate surface area is 128 Å². The van der Waals surface area contributed by atoms with Gasteiger partial charge in [0.1, 0.15) is 0 Å². The average molecular weight is 285 g/mol. The molecule has 0 saturated heterocycles. The van der Waals surface area contributed by atoms with Gasteiger partial charge in [-0.1, -0.05) is 38.5 Å². The van der Waals surface area contributed by atoms with Crippen LogP contribution in [0.1, 0.15) is 38.7 Å². The Morgan fingerprint density at radius 1 is 1.05 bits per heavy atom. The molecule has 3 nitrogen and oxygen atoms in total. The molecule has 0 aliphatic heterocycles. The van der Waals surface area contributed by atoms with Crippen LogP contribution in [0.15, 0.2) is 30.5 Å². The van der Waals surface area contributed by atoms with Crippen molar-refractivity contribution in [1.29, 1.82) is 0 Å². The molecule has 21 heavy (non-hydrogen) atoms. The van der Waals surface area contributed by atoms with Gasteiger partial charge in [0.05, 0.1) is 11.2 Å². The van der Waals surface area contributed by atoms with E-state index < -0.39 is 0 Å². The highest BCUT2D eigenvalue weighted by atomic mass is 14.9. The van der Waals surface area contributed by atoms with Crippen molar-refractivity contribution < 1.29 is 0 Å². The fourth-order valence-corrected chi connectivity index (χ4v) is 2.50. The fourth-order valence-electron chi connectivity index (χ4n) is 2.50. The van der Waals surface area contributed by atoms with E-state index in [1.54, 1.807) is 0 Å². The van der Waals surface area contributed by atoms with E-state index in [0.29, 0.717) is 6.04 Å². The molecule has 2 rings (SSSR count). The Morgan fingerprint density at radius 2 is 1.86 bits per heavy atom. The van der Waals surface area contributed by atoms with Gasteiger partial charge in [0, 0.05) is 24.2 Å². The second kappa shape index (κ2) is 7.99. The van der Waals surface area contributed by atoms with Crippen LogP contribution in [-0.2, 0) is 0 Å². The minimum absolute atomic E-state index is 0.590. The molecule has 1 aromatic carbocycles. The van der Waals surface area contributed by atoms with E-state index in [-0.39, 0.29) is 0 Å². The predicted molar refractivity (Wildman–Crippen MR) is 92.0 cm³/mol. The van der Waals surface area contributed by atoms with E-state index in [0.717, 1.165) is 18.6 Å². The fraction of sp³-hybridized carbons (Fsp3) is 0.500. The molecule has 1 heterocycles. The normalized spacial score (nSPS) is 11.2. The lowest BCUT2D eigenvalue weighted by Crippen LogP contribution is -2.23. The standard InChI is InChI=1S/C18H27N3/c1-14(2)19-11-5-4-6-12-20-17-15(3)9-10-16-8-7-13-21-18(16)17/h7-10,13-14,19-20H,4-6,11-12H2,1-3H3. The van der Waals surface area contributed by atoms with Crippen molar-refractivity contribution in [3.05, 3.63) is 36.0 Å². The van der Waals surface area contributed by atoms with E-state index in [9.17, 15) is 0 Å². The van der Waals surface area contributed by atoms with E-state index in [1.807, 2.05) is 12.3 Å². The minimum atomic E-state index is 0.590. The first-order valence-corrected chi connectivity index (χ1v) is 8.00. The van der Waals surface area contributed by atoms with Crippen LogP contribution in [0.25, 0.3) is 10.9 Å². The zero-order valence-electron chi connectivity index (χ0n) is 13.4. The molecule has 0 atom stereocenters. The van der Waals surface area contributed by atoms with Crippen LogP contribution in [0, 0.1) is 6.92 Å². The van der Waals surface area contributed by atoms with Crippen LogP contribution in [0.2, 0.25) is 0 Å². The summed E-state index contributed by atoms with van der Waals surface area (Å²) in [7, 11) is 0. The number of unbranched alkanes of at least 4 members (excludes halogenated alkanes) is 2. The third-order valence-electron chi connectivity index (χ3n) is 3.69. The molecule has 0 aliphatic rings. The summed E-state index contributed by atoms with van der Waals surface area (Å²) in [4.78, 5) is 4.52. The maximum absolute atomic E-state index is 4.52. The number of aromatic nitrogens is 1. The highest BCUT2D eigenvalue weighted by Gasteiger charge is 2.04. The molecular weight excluding hydrogens is 258 g/mol. The quantitative estimate of drug-likeness (QED) is 0.716. The summed E-state index contributed by atoms with van der Waals surface area (Å²) in [6, 6.07) is 9.00. The summed E-state index contributed by atoms with van der Waals surface area (Å²) in [6.07, 6.45) is 5.56. The molecule has 0 unspecified atom stereocenters. The van der Waals surface area contributed by atoms with Crippen LogP contribution in [0.4, 0.5) is 5.69 Å². The summed E-state index contributed by atoms with van der Waals surface area (Å²) in [5.74, 6) is 0. The molecule has 0 aliphatic carbocycles. The first-order chi connectivity index (χ1) is 10.2. The summed E-state index contributed by atoms with van der Waals surface area (Å²) >= 11 is 0. The molecule has 0 bridgehead atoms. The number of pyridine rings is 1. The maximum atomic E-state index is 4.52. The molecule has 2 aromatic rings. The molecule has 0 saturated carbocycles. The van der Waals surface area contributed by atoms with Crippen LogP contribution in [0.3, 0.4) is 0 Å². The van der Waals surface area contributed by atoms with Crippen LogP contribution in [-0.4, -0.2) is 24.1 Å². The van der Waals surface area contributed by atoms with Gasteiger partial charge in [-0.3, -0.25) is 4.98 Å². The number of nitrogens with zero attached hydrogens (tertiary/aromatic N) is 1. The number of aryl methyl sites for hydroxylation is 1.